The highest BCUT2D eigenvalue weighted by Crippen LogP contribution is 2.37. The van der Waals surface area contributed by atoms with Gasteiger partial charge in [0.05, 0.1) is 16.8 Å². The fourth-order valence-electron chi connectivity index (χ4n) is 3.48. The van der Waals surface area contributed by atoms with Crippen LogP contribution >= 0.6 is 23.1 Å². The van der Waals surface area contributed by atoms with Crippen LogP contribution in [0, 0.1) is 5.21 Å². The Balaban J connectivity index is 1.52. The summed E-state index contributed by atoms with van der Waals surface area (Å²) in [4.78, 5) is 8.01. The van der Waals surface area contributed by atoms with Gasteiger partial charge in [-0.15, -0.1) is 11.8 Å². The highest BCUT2D eigenvalue weighted by molar-refractivity contribution is 7.99. The van der Waals surface area contributed by atoms with Crippen LogP contribution in [-0.2, 0) is 0 Å². The molecule has 148 valence electrons. The normalized spacial score (nSPS) is 22.8. The molecule has 2 atom stereocenters. The number of unbranched alkanes of at least 4 members (excludes halogenated alkanes) is 1. The molecular formula is C21H26N4OS2. The molecule has 1 saturated heterocycles. The fraction of sp³-hybridized carbons (Fsp3) is 0.381. The van der Waals surface area contributed by atoms with Crippen molar-refractivity contribution in [2.45, 2.75) is 30.8 Å². The highest BCUT2D eigenvalue weighted by Gasteiger charge is 2.42. The van der Waals surface area contributed by atoms with Gasteiger partial charge in [0.25, 0.3) is 5.13 Å². The van der Waals surface area contributed by atoms with Crippen molar-refractivity contribution in [1.82, 2.24) is 14.5 Å². The van der Waals surface area contributed by atoms with Crippen molar-refractivity contribution in [3.05, 3.63) is 53.7 Å². The lowest BCUT2D eigenvalue weighted by Crippen LogP contribution is -2.52. The molecule has 5 nitrogen and oxygen atoms in total. The zero-order chi connectivity index (χ0) is 19.6. The van der Waals surface area contributed by atoms with Crippen LogP contribution in [0.1, 0.15) is 19.8 Å². The number of benzene rings is 2. The van der Waals surface area contributed by atoms with Crippen LogP contribution in [0.2, 0.25) is 0 Å². The van der Waals surface area contributed by atoms with Crippen molar-refractivity contribution >= 4 is 44.1 Å². The maximum Gasteiger partial charge on any atom is 0.290 e. The molecule has 0 saturated carbocycles. The molecule has 28 heavy (non-hydrogen) atoms. The molecule has 0 amide bonds. The zero-order valence-electron chi connectivity index (χ0n) is 16.3. The molecule has 7 heteroatoms. The number of hydrogen-bond donors (Lipinski definition) is 1. The number of aromatic nitrogens is 1. The minimum absolute atomic E-state index is 0.274. The Morgan fingerprint density at radius 3 is 2.79 bits per heavy atom. The third-order valence-electron chi connectivity index (χ3n) is 5.00. The highest BCUT2D eigenvalue weighted by atomic mass is 32.2. The van der Waals surface area contributed by atoms with Gasteiger partial charge in [0.1, 0.15) is 6.67 Å². The molecule has 1 fully saturated rings. The summed E-state index contributed by atoms with van der Waals surface area (Å²) in [5, 5.41) is 17.9. The van der Waals surface area contributed by atoms with Gasteiger partial charge in [-0.1, -0.05) is 36.8 Å². The predicted octanol–water partition coefficient (Wildman–Crippen LogP) is 5.33. The van der Waals surface area contributed by atoms with E-state index in [0.29, 0.717) is 18.3 Å². The molecule has 2 aromatic carbocycles. The van der Waals surface area contributed by atoms with Crippen LogP contribution in [0.4, 0.5) is 10.8 Å². The lowest BCUT2D eigenvalue weighted by molar-refractivity contribution is 0.323. The smallest absolute Gasteiger partial charge is 0.290 e. The Bertz CT molecular complexity index is 897. The van der Waals surface area contributed by atoms with Crippen LogP contribution in [0.15, 0.2) is 53.4 Å². The predicted molar refractivity (Wildman–Crippen MR) is 122 cm³/mol. The average Bonchev–Trinajstić information content (AvgIpc) is 3.25. The van der Waals surface area contributed by atoms with Gasteiger partial charge < -0.3 is 10.5 Å². The lowest BCUT2D eigenvalue weighted by Gasteiger charge is -2.40. The molecule has 2 unspecified atom stereocenters. The Kier molecular flexibility index (Phi) is 5.89. The molecule has 4 rings (SSSR count). The standard InChI is InChI=1S/C21H26N4OS2/c1-3-4-13-27-17-11-9-16(10-12-17)22-20-14-24(2)15-25(20,26)21-23-18-7-5-6-8-19(18)28-21/h5-12,20,22H,3-4,13-15H2,1-2H3. The molecule has 1 N–H and O–H groups in total. The molecule has 0 aliphatic carbocycles. The number of fused-ring (bicyclic) bond motifs is 1. The van der Waals surface area contributed by atoms with Gasteiger partial charge >= 0.3 is 0 Å². The molecular weight excluding hydrogens is 388 g/mol. The number of nitrogens with one attached hydrogen (secondary N) is 1. The van der Waals surface area contributed by atoms with Crippen molar-refractivity contribution in [1.29, 1.82) is 0 Å². The van der Waals surface area contributed by atoms with E-state index >= 15 is 0 Å². The third kappa shape index (κ3) is 4.04. The Labute approximate surface area is 174 Å². The number of thiazole rings is 1. The van der Waals surface area contributed by atoms with Gasteiger partial charge in [0, 0.05) is 10.6 Å². The largest absolute Gasteiger partial charge is 0.623 e. The fourth-order valence-corrected chi connectivity index (χ4v) is 5.52. The molecule has 3 aromatic rings. The van der Waals surface area contributed by atoms with E-state index in [1.54, 1.807) is 0 Å². The van der Waals surface area contributed by atoms with E-state index in [1.165, 1.54) is 29.1 Å². The molecule has 0 spiro atoms. The topological polar surface area (TPSA) is 51.2 Å². The van der Waals surface area contributed by atoms with E-state index in [0.717, 1.165) is 21.7 Å². The summed E-state index contributed by atoms with van der Waals surface area (Å²) in [6, 6.07) is 16.4. The summed E-state index contributed by atoms with van der Waals surface area (Å²) >= 11 is 3.39. The van der Waals surface area contributed by atoms with Crippen molar-refractivity contribution < 1.29 is 0 Å². The number of rotatable bonds is 7. The average molecular weight is 415 g/mol. The van der Waals surface area contributed by atoms with Crippen LogP contribution in [0.3, 0.4) is 0 Å². The Morgan fingerprint density at radius 2 is 2.04 bits per heavy atom. The summed E-state index contributed by atoms with van der Waals surface area (Å²) in [5.74, 6) is 1.15. The van der Waals surface area contributed by atoms with E-state index in [2.05, 4.69) is 46.4 Å². The van der Waals surface area contributed by atoms with Crippen molar-refractivity contribution in [3.63, 3.8) is 0 Å². The van der Waals surface area contributed by atoms with E-state index in [-0.39, 0.29) is 6.17 Å². The first kappa shape index (κ1) is 19.7. The van der Waals surface area contributed by atoms with Crippen molar-refractivity contribution in [2.24, 2.45) is 0 Å². The number of nitrogens with zero attached hydrogens (tertiary/aromatic N) is 3. The monoisotopic (exact) mass is 414 g/mol. The number of quaternary nitrogens is 1. The van der Waals surface area contributed by atoms with Crippen LogP contribution < -0.4 is 9.96 Å². The van der Waals surface area contributed by atoms with E-state index in [9.17, 15) is 5.21 Å². The number of likely N-dealkylation sites (N-methyl/N-ethyl adjacent to an activating group) is 1. The first-order valence-corrected chi connectivity index (χ1v) is 11.5. The molecule has 1 aliphatic heterocycles. The Morgan fingerprint density at radius 1 is 1.25 bits per heavy atom. The second-order valence-corrected chi connectivity index (χ2v) is 9.50. The number of para-hydroxylation sites is 1. The van der Waals surface area contributed by atoms with Gasteiger partial charge in [-0.2, -0.15) is 4.98 Å². The minimum Gasteiger partial charge on any atom is -0.623 e. The number of hydroxylamine groups is 2. The summed E-state index contributed by atoms with van der Waals surface area (Å²) < 4.78 is 0.607. The quantitative estimate of drug-likeness (QED) is 0.245. The second kappa shape index (κ2) is 8.39. The van der Waals surface area contributed by atoms with Crippen LogP contribution in [0.25, 0.3) is 10.2 Å². The summed E-state index contributed by atoms with van der Waals surface area (Å²) in [5.41, 5.74) is 1.89. The number of thioether (sulfide) groups is 1. The maximum atomic E-state index is 13.8. The second-order valence-electron chi connectivity index (χ2n) is 7.33. The number of hydrogen-bond acceptors (Lipinski definition) is 6. The van der Waals surface area contributed by atoms with Gasteiger partial charge in [-0.25, -0.2) is 0 Å². The first-order chi connectivity index (χ1) is 13.6. The van der Waals surface area contributed by atoms with Crippen LogP contribution in [0.5, 0.6) is 0 Å². The Hall–Kier alpha value is -1.64. The van der Waals surface area contributed by atoms with E-state index in [4.69, 9.17) is 0 Å². The molecule has 0 radical (unpaired) electrons. The molecule has 1 aliphatic rings. The van der Waals surface area contributed by atoms with Gasteiger partial charge in [-0.3, -0.25) is 9.55 Å². The van der Waals surface area contributed by atoms with Gasteiger partial charge in [-0.05, 0) is 55.6 Å². The first-order valence-electron chi connectivity index (χ1n) is 9.71. The van der Waals surface area contributed by atoms with Gasteiger partial charge in [0.2, 0.25) is 0 Å². The van der Waals surface area contributed by atoms with E-state index in [1.807, 2.05) is 43.1 Å². The molecule has 1 aromatic heterocycles. The summed E-state index contributed by atoms with van der Waals surface area (Å²) in [6.07, 6.45) is 2.18. The molecule has 2 heterocycles. The van der Waals surface area contributed by atoms with Crippen molar-refractivity contribution in [3.8, 4) is 0 Å². The SMILES string of the molecule is CCCCSc1ccc(NC2CN(C)C[N+]2([O-])c2nc3ccccc3s2)cc1. The van der Waals surface area contributed by atoms with Gasteiger partial charge in [0.15, 0.2) is 6.17 Å². The summed E-state index contributed by atoms with van der Waals surface area (Å²) in [7, 11) is 1.99. The third-order valence-corrected chi connectivity index (χ3v) is 7.25. The minimum atomic E-state index is -0.456. The lowest BCUT2D eigenvalue weighted by atomic mass is 10.3. The summed E-state index contributed by atoms with van der Waals surface area (Å²) in [6.45, 7) is 3.31. The zero-order valence-corrected chi connectivity index (χ0v) is 17.9. The van der Waals surface area contributed by atoms with Crippen LogP contribution in [-0.4, -0.2) is 42.1 Å². The maximum absolute atomic E-state index is 13.8. The van der Waals surface area contributed by atoms with E-state index < -0.39 is 4.65 Å². The van der Waals surface area contributed by atoms with Crippen molar-refractivity contribution in [2.75, 3.05) is 31.3 Å². The number of anilines is 1. The molecule has 0 bridgehead atoms.